The smallest absolute Gasteiger partial charge is 0.269 e. The van der Waals surface area contributed by atoms with Crippen molar-refractivity contribution < 1.29 is 9.72 Å². The highest BCUT2D eigenvalue weighted by molar-refractivity contribution is 5.84. The molecule has 166 valence electrons. The van der Waals surface area contributed by atoms with Crippen molar-refractivity contribution in [3.63, 3.8) is 0 Å². The lowest BCUT2D eigenvalue weighted by molar-refractivity contribution is -0.384. The van der Waals surface area contributed by atoms with E-state index in [1.54, 1.807) is 21.7 Å². The summed E-state index contributed by atoms with van der Waals surface area (Å²) in [7, 11) is 0. The summed E-state index contributed by atoms with van der Waals surface area (Å²) in [5.41, 5.74) is 2.88. The lowest BCUT2D eigenvalue weighted by atomic mass is 10.1. The molecular weight excluding hydrogens is 424 g/mol. The molecule has 0 atom stereocenters. The Balaban J connectivity index is 1.27. The number of carbonyl (C=O) groups excluding carboxylic acids is 1. The third kappa shape index (κ3) is 4.07. The first kappa shape index (κ1) is 20.5. The molecule has 4 aromatic rings. The number of rotatable bonds is 5. The van der Waals surface area contributed by atoms with Crippen molar-refractivity contribution in [3.8, 4) is 5.69 Å². The average Bonchev–Trinajstić information content (AvgIpc) is 3.29. The number of hydrogen-bond donors (Lipinski definition) is 0. The van der Waals surface area contributed by atoms with E-state index in [2.05, 4.69) is 25.2 Å². The van der Waals surface area contributed by atoms with E-state index in [0.717, 1.165) is 11.3 Å². The summed E-state index contributed by atoms with van der Waals surface area (Å²) < 4.78 is 1.69. The van der Waals surface area contributed by atoms with Crippen LogP contribution in [0.25, 0.3) is 16.9 Å². The van der Waals surface area contributed by atoms with Crippen molar-refractivity contribution in [1.82, 2.24) is 29.9 Å². The Morgan fingerprint density at radius 2 is 1.70 bits per heavy atom. The van der Waals surface area contributed by atoms with Gasteiger partial charge < -0.3 is 9.80 Å². The fourth-order valence-electron chi connectivity index (χ4n) is 3.90. The van der Waals surface area contributed by atoms with E-state index in [-0.39, 0.29) is 18.0 Å². The third-order valence-electron chi connectivity index (χ3n) is 5.65. The number of piperazine rings is 1. The lowest BCUT2D eigenvalue weighted by Crippen LogP contribution is -2.49. The van der Waals surface area contributed by atoms with Gasteiger partial charge in [0, 0.05) is 38.3 Å². The Kier molecular flexibility index (Phi) is 5.35. The maximum absolute atomic E-state index is 12.7. The predicted octanol–water partition coefficient (Wildman–Crippen LogP) is 2.01. The minimum absolute atomic E-state index is 0.00800. The number of nitro groups is 1. The molecule has 0 spiro atoms. The maximum Gasteiger partial charge on any atom is 0.269 e. The summed E-state index contributed by atoms with van der Waals surface area (Å²) in [6.45, 7) is 2.31. The first-order chi connectivity index (χ1) is 16.1. The van der Waals surface area contributed by atoms with Gasteiger partial charge in [0.2, 0.25) is 5.91 Å². The molecule has 0 N–H and O–H groups in total. The number of amides is 1. The molecule has 0 radical (unpaired) electrons. The van der Waals surface area contributed by atoms with Gasteiger partial charge in [0.25, 0.3) is 5.69 Å². The van der Waals surface area contributed by atoms with Gasteiger partial charge >= 0.3 is 0 Å². The van der Waals surface area contributed by atoms with Crippen LogP contribution in [0.4, 0.5) is 11.5 Å². The van der Waals surface area contributed by atoms with Crippen LogP contribution in [-0.2, 0) is 11.2 Å². The highest BCUT2D eigenvalue weighted by Crippen LogP contribution is 2.23. The monoisotopic (exact) mass is 444 g/mol. The summed E-state index contributed by atoms with van der Waals surface area (Å²) >= 11 is 0. The van der Waals surface area contributed by atoms with Gasteiger partial charge in [-0.2, -0.15) is 4.68 Å². The SMILES string of the molecule is O=C(Cc1ccc([N+](=O)[O-])cc1)N1CCN(c2ncnc3c2nnn3-c2ccccc2)CC1. The van der Waals surface area contributed by atoms with E-state index >= 15 is 0 Å². The topological polar surface area (TPSA) is 123 Å². The van der Waals surface area contributed by atoms with Crippen molar-refractivity contribution in [2.75, 3.05) is 31.1 Å². The van der Waals surface area contributed by atoms with Gasteiger partial charge in [0.15, 0.2) is 17.0 Å². The van der Waals surface area contributed by atoms with Crippen LogP contribution in [0.1, 0.15) is 5.56 Å². The number of fused-ring (bicyclic) bond motifs is 1. The lowest BCUT2D eigenvalue weighted by Gasteiger charge is -2.35. The van der Waals surface area contributed by atoms with Crippen LogP contribution in [0.5, 0.6) is 0 Å². The molecule has 2 aromatic carbocycles. The first-order valence-corrected chi connectivity index (χ1v) is 10.5. The summed E-state index contributed by atoms with van der Waals surface area (Å²) in [6.07, 6.45) is 1.72. The zero-order valence-corrected chi connectivity index (χ0v) is 17.6. The zero-order chi connectivity index (χ0) is 22.8. The molecule has 0 aliphatic carbocycles. The molecule has 0 unspecified atom stereocenters. The average molecular weight is 444 g/mol. The fourth-order valence-corrected chi connectivity index (χ4v) is 3.90. The molecule has 11 heteroatoms. The first-order valence-electron chi connectivity index (χ1n) is 10.5. The largest absolute Gasteiger partial charge is 0.351 e. The number of carbonyl (C=O) groups is 1. The van der Waals surface area contributed by atoms with Gasteiger partial charge in [-0.1, -0.05) is 35.5 Å². The Morgan fingerprint density at radius 1 is 0.970 bits per heavy atom. The molecule has 1 aliphatic heterocycles. The number of nitrogens with zero attached hydrogens (tertiary/aromatic N) is 8. The van der Waals surface area contributed by atoms with Gasteiger partial charge in [-0.15, -0.1) is 5.10 Å². The number of para-hydroxylation sites is 1. The Morgan fingerprint density at radius 3 is 2.39 bits per heavy atom. The van der Waals surface area contributed by atoms with Crippen LogP contribution >= 0.6 is 0 Å². The van der Waals surface area contributed by atoms with Crippen LogP contribution in [0.2, 0.25) is 0 Å². The molecule has 0 saturated carbocycles. The standard InChI is InChI=1S/C22H20N8O3/c31-19(14-16-6-8-18(9-7-16)30(32)33)27-10-12-28(13-11-27)21-20-22(24-15-23-21)29(26-25-20)17-4-2-1-3-5-17/h1-9,15H,10-14H2. The van der Waals surface area contributed by atoms with Crippen LogP contribution in [0.15, 0.2) is 60.9 Å². The number of aromatic nitrogens is 5. The minimum Gasteiger partial charge on any atom is -0.351 e. The molecule has 11 nitrogen and oxygen atoms in total. The number of non-ortho nitro benzene ring substituents is 1. The van der Waals surface area contributed by atoms with Crippen LogP contribution in [-0.4, -0.2) is 66.9 Å². The van der Waals surface area contributed by atoms with Crippen LogP contribution in [0.3, 0.4) is 0 Å². The molecule has 3 heterocycles. The fraction of sp³-hybridized carbons (Fsp3) is 0.227. The second-order valence-corrected chi connectivity index (χ2v) is 7.67. The summed E-state index contributed by atoms with van der Waals surface area (Å²) in [4.78, 5) is 35.8. The molecule has 33 heavy (non-hydrogen) atoms. The van der Waals surface area contributed by atoms with Crippen molar-refractivity contribution in [3.05, 3.63) is 76.6 Å². The molecule has 0 bridgehead atoms. The number of anilines is 1. The molecule has 2 aromatic heterocycles. The van der Waals surface area contributed by atoms with E-state index in [4.69, 9.17) is 0 Å². The van der Waals surface area contributed by atoms with Crippen LogP contribution in [0, 0.1) is 10.1 Å². The zero-order valence-electron chi connectivity index (χ0n) is 17.6. The second kappa shape index (κ2) is 8.61. The highest BCUT2D eigenvalue weighted by atomic mass is 16.6. The van der Waals surface area contributed by atoms with E-state index in [1.165, 1.54) is 18.5 Å². The van der Waals surface area contributed by atoms with Crippen molar-refractivity contribution >= 4 is 28.6 Å². The third-order valence-corrected chi connectivity index (χ3v) is 5.65. The Bertz CT molecular complexity index is 1300. The summed E-state index contributed by atoms with van der Waals surface area (Å²) in [6, 6.07) is 15.8. The van der Waals surface area contributed by atoms with Crippen molar-refractivity contribution in [1.29, 1.82) is 0 Å². The van der Waals surface area contributed by atoms with Gasteiger partial charge in [-0.05, 0) is 17.7 Å². The van der Waals surface area contributed by atoms with Gasteiger partial charge in [0.1, 0.15) is 6.33 Å². The van der Waals surface area contributed by atoms with Crippen molar-refractivity contribution in [2.45, 2.75) is 6.42 Å². The van der Waals surface area contributed by atoms with Crippen LogP contribution < -0.4 is 4.90 Å². The molecule has 1 saturated heterocycles. The van der Waals surface area contributed by atoms with E-state index < -0.39 is 4.92 Å². The van der Waals surface area contributed by atoms with Gasteiger partial charge in [0.05, 0.1) is 17.0 Å². The highest BCUT2D eigenvalue weighted by Gasteiger charge is 2.25. The van der Waals surface area contributed by atoms with E-state index in [0.29, 0.717) is 43.2 Å². The number of hydrogen-bond acceptors (Lipinski definition) is 8. The summed E-state index contributed by atoms with van der Waals surface area (Å²) in [5.74, 6) is 0.691. The molecule has 1 fully saturated rings. The maximum atomic E-state index is 12.7. The minimum atomic E-state index is -0.451. The van der Waals surface area contributed by atoms with E-state index in [9.17, 15) is 14.9 Å². The Hall–Kier alpha value is -4.41. The Labute approximate surface area is 188 Å². The van der Waals surface area contributed by atoms with Gasteiger partial charge in [-0.25, -0.2) is 9.97 Å². The summed E-state index contributed by atoms with van der Waals surface area (Å²) in [5, 5.41) is 19.4. The van der Waals surface area contributed by atoms with Crippen molar-refractivity contribution in [2.24, 2.45) is 0 Å². The normalized spacial score (nSPS) is 13.9. The quantitative estimate of drug-likeness (QED) is 0.338. The molecule has 5 rings (SSSR count). The number of benzene rings is 2. The molecule has 1 aliphatic rings. The molecular formula is C22H20N8O3. The van der Waals surface area contributed by atoms with E-state index in [1.807, 2.05) is 30.3 Å². The molecule has 1 amide bonds. The second-order valence-electron chi connectivity index (χ2n) is 7.67. The predicted molar refractivity (Wildman–Crippen MR) is 120 cm³/mol. The van der Waals surface area contributed by atoms with Gasteiger partial charge in [-0.3, -0.25) is 14.9 Å². The number of nitro benzene ring substituents is 1.